The highest BCUT2D eigenvalue weighted by atomic mass is 14.9. The standard InChI is InChI=1S/C27H41N/c1-7-9-20-17-23-26(6,24(20)19(4)8-2)14-12-22-25(5)13-10-18(3)16-21(25)11-15-27(22,23)28/h8,10,13,16,18,20,22-24H,2,4,7,9,11-12,14-15,17,28H2,1,3,5-6H3/t18?,20-,22?,23?,24?,25?,26?,27?/m1/s1. The predicted molar refractivity (Wildman–Crippen MR) is 121 cm³/mol. The third kappa shape index (κ3) is 2.61. The lowest BCUT2D eigenvalue weighted by molar-refractivity contribution is -0.0496. The van der Waals surface area contributed by atoms with Crippen LogP contribution in [0.5, 0.6) is 0 Å². The molecule has 154 valence electrons. The van der Waals surface area contributed by atoms with Gasteiger partial charge in [0.2, 0.25) is 0 Å². The number of nitrogens with two attached hydrogens (primary N) is 1. The van der Waals surface area contributed by atoms with Gasteiger partial charge in [-0.2, -0.15) is 0 Å². The van der Waals surface area contributed by atoms with Crippen LogP contribution in [0.4, 0.5) is 0 Å². The summed E-state index contributed by atoms with van der Waals surface area (Å²) in [6.07, 6.45) is 18.2. The molecule has 0 spiro atoms. The van der Waals surface area contributed by atoms with Crippen molar-refractivity contribution in [2.75, 3.05) is 0 Å². The molecular weight excluding hydrogens is 338 g/mol. The molecule has 0 heterocycles. The van der Waals surface area contributed by atoms with Gasteiger partial charge in [-0.3, -0.25) is 0 Å². The molecule has 0 amide bonds. The van der Waals surface area contributed by atoms with Gasteiger partial charge in [-0.1, -0.05) is 89.1 Å². The molecule has 28 heavy (non-hydrogen) atoms. The number of hydrogen-bond donors (Lipinski definition) is 1. The second kappa shape index (κ2) is 6.73. The van der Waals surface area contributed by atoms with Gasteiger partial charge < -0.3 is 5.73 Å². The van der Waals surface area contributed by atoms with Crippen molar-refractivity contribution in [3.05, 3.63) is 48.6 Å². The van der Waals surface area contributed by atoms with Gasteiger partial charge in [0, 0.05) is 11.0 Å². The Labute approximate surface area is 173 Å². The van der Waals surface area contributed by atoms with E-state index in [4.69, 9.17) is 5.73 Å². The highest BCUT2D eigenvalue weighted by molar-refractivity contribution is 5.37. The van der Waals surface area contributed by atoms with Crippen LogP contribution in [0.1, 0.15) is 72.6 Å². The molecule has 8 atom stereocenters. The van der Waals surface area contributed by atoms with Gasteiger partial charge in [0.15, 0.2) is 0 Å². The second-order valence-electron chi connectivity index (χ2n) is 11.0. The van der Waals surface area contributed by atoms with Crippen LogP contribution < -0.4 is 5.73 Å². The molecule has 1 nitrogen and oxygen atoms in total. The fourth-order valence-electron chi connectivity index (χ4n) is 8.36. The van der Waals surface area contributed by atoms with E-state index in [0.29, 0.717) is 23.7 Å². The van der Waals surface area contributed by atoms with Crippen LogP contribution in [0.3, 0.4) is 0 Å². The summed E-state index contributed by atoms with van der Waals surface area (Å²) in [4.78, 5) is 0. The molecule has 0 saturated heterocycles. The number of fused-ring (bicyclic) bond motifs is 5. The van der Waals surface area contributed by atoms with Crippen LogP contribution in [-0.2, 0) is 0 Å². The molecule has 0 aromatic rings. The summed E-state index contributed by atoms with van der Waals surface area (Å²) in [6, 6.07) is 0. The van der Waals surface area contributed by atoms with E-state index in [1.54, 1.807) is 5.57 Å². The summed E-state index contributed by atoms with van der Waals surface area (Å²) >= 11 is 0. The van der Waals surface area contributed by atoms with Crippen LogP contribution in [0.2, 0.25) is 0 Å². The highest BCUT2D eigenvalue weighted by Gasteiger charge is 2.65. The molecule has 0 aromatic carbocycles. The zero-order chi connectivity index (χ0) is 20.3. The van der Waals surface area contributed by atoms with Crippen molar-refractivity contribution in [3.63, 3.8) is 0 Å². The first-order valence-corrected chi connectivity index (χ1v) is 11.7. The van der Waals surface area contributed by atoms with Gasteiger partial charge in [-0.05, 0) is 67.1 Å². The molecule has 2 N–H and O–H groups in total. The van der Waals surface area contributed by atoms with Crippen molar-refractivity contribution in [2.45, 2.75) is 78.2 Å². The Morgan fingerprint density at radius 1 is 1.29 bits per heavy atom. The lowest BCUT2D eigenvalue weighted by atomic mass is 9.44. The minimum atomic E-state index is -0.0494. The van der Waals surface area contributed by atoms with Crippen molar-refractivity contribution >= 4 is 0 Å². The minimum Gasteiger partial charge on any atom is -0.325 e. The topological polar surface area (TPSA) is 26.0 Å². The lowest BCUT2D eigenvalue weighted by Gasteiger charge is -2.62. The first kappa shape index (κ1) is 20.2. The summed E-state index contributed by atoms with van der Waals surface area (Å²) in [7, 11) is 0. The summed E-state index contributed by atoms with van der Waals surface area (Å²) in [6.45, 7) is 18.2. The fourth-order valence-corrected chi connectivity index (χ4v) is 8.36. The van der Waals surface area contributed by atoms with Crippen LogP contribution in [-0.4, -0.2) is 5.54 Å². The molecule has 4 aliphatic carbocycles. The van der Waals surface area contributed by atoms with E-state index in [0.717, 1.165) is 12.3 Å². The Morgan fingerprint density at radius 2 is 2.04 bits per heavy atom. The van der Waals surface area contributed by atoms with Crippen LogP contribution in [0, 0.1) is 40.4 Å². The third-order valence-corrected chi connectivity index (χ3v) is 9.56. The van der Waals surface area contributed by atoms with E-state index >= 15 is 0 Å². The van der Waals surface area contributed by atoms with E-state index in [2.05, 4.69) is 59.1 Å². The molecule has 3 saturated carbocycles. The molecule has 0 aliphatic heterocycles. The summed E-state index contributed by atoms with van der Waals surface area (Å²) in [5.41, 5.74) is 10.8. The van der Waals surface area contributed by atoms with E-state index in [1.807, 2.05) is 6.08 Å². The molecule has 4 aliphatic rings. The maximum Gasteiger partial charge on any atom is 0.0231 e. The van der Waals surface area contributed by atoms with Gasteiger partial charge in [-0.15, -0.1) is 0 Å². The van der Waals surface area contributed by atoms with E-state index in [1.165, 1.54) is 44.1 Å². The third-order valence-electron chi connectivity index (χ3n) is 9.56. The van der Waals surface area contributed by atoms with Crippen molar-refractivity contribution in [1.82, 2.24) is 0 Å². The molecule has 7 unspecified atom stereocenters. The maximum absolute atomic E-state index is 7.51. The molecule has 0 aromatic heterocycles. The monoisotopic (exact) mass is 379 g/mol. The molecule has 1 heteroatoms. The van der Waals surface area contributed by atoms with Gasteiger partial charge >= 0.3 is 0 Å². The van der Waals surface area contributed by atoms with E-state index < -0.39 is 0 Å². The van der Waals surface area contributed by atoms with Crippen molar-refractivity contribution in [2.24, 2.45) is 46.2 Å². The molecular formula is C27H41N. The maximum atomic E-state index is 7.51. The molecule has 3 fully saturated rings. The van der Waals surface area contributed by atoms with Gasteiger partial charge in [0.05, 0.1) is 0 Å². The van der Waals surface area contributed by atoms with Crippen molar-refractivity contribution < 1.29 is 0 Å². The Bertz CT molecular complexity index is 729. The predicted octanol–water partition coefficient (Wildman–Crippen LogP) is 6.83. The summed E-state index contributed by atoms with van der Waals surface area (Å²) in [5, 5.41) is 0. The largest absolute Gasteiger partial charge is 0.325 e. The first-order valence-electron chi connectivity index (χ1n) is 11.7. The normalized spacial score (nSPS) is 49.6. The lowest BCUT2D eigenvalue weighted by Crippen LogP contribution is -2.66. The van der Waals surface area contributed by atoms with Crippen LogP contribution in [0.15, 0.2) is 48.6 Å². The Kier molecular flexibility index (Phi) is 4.85. The summed E-state index contributed by atoms with van der Waals surface area (Å²) in [5.74, 6) is 3.02. The number of allylic oxidation sites excluding steroid dienone is 6. The van der Waals surface area contributed by atoms with E-state index in [9.17, 15) is 0 Å². The molecule has 0 radical (unpaired) electrons. The van der Waals surface area contributed by atoms with Crippen LogP contribution in [0.25, 0.3) is 0 Å². The average Bonchev–Trinajstić information content (AvgIpc) is 2.95. The van der Waals surface area contributed by atoms with Gasteiger partial charge in [0.25, 0.3) is 0 Å². The molecule has 0 bridgehead atoms. The Balaban J connectivity index is 1.75. The van der Waals surface area contributed by atoms with Gasteiger partial charge in [0.1, 0.15) is 0 Å². The van der Waals surface area contributed by atoms with Crippen LogP contribution >= 0.6 is 0 Å². The zero-order valence-electron chi connectivity index (χ0n) is 18.6. The zero-order valence-corrected chi connectivity index (χ0v) is 18.6. The smallest absolute Gasteiger partial charge is 0.0231 e. The minimum absolute atomic E-state index is 0.0494. The van der Waals surface area contributed by atoms with Crippen molar-refractivity contribution in [3.8, 4) is 0 Å². The highest BCUT2D eigenvalue weighted by Crippen LogP contribution is 2.69. The second-order valence-corrected chi connectivity index (χ2v) is 11.0. The molecule has 4 rings (SSSR count). The van der Waals surface area contributed by atoms with Crippen molar-refractivity contribution in [1.29, 1.82) is 0 Å². The average molecular weight is 380 g/mol. The SMILES string of the molecule is C=CC(=C)C1[C@H](CCC)CC2C1(C)CCC1C3(C)C=CC(C)C=C3CCC12N. The quantitative estimate of drug-likeness (QED) is 0.420. The van der Waals surface area contributed by atoms with E-state index in [-0.39, 0.29) is 16.4 Å². The summed E-state index contributed by atoms with van der Waals surface area (Å²) < 4.78 is 0. The first-order chi connectivity index (χ1) is 13.2. The Hall–Kier alpha value is -1.08. The fraction of sp³-hybridized carbons (Fsp3) is 0.704. The number of hydrogen-bond acceptors (Lipinski definition) is 1. The number of rotatable bonds is 4. The Morgan fingerprint density at radius 3 is 2.71 bits per heavy atom. The van der Waals surface area contributed by atoms with Gasteiger partial charge in [-0.25, -0.2) is 0 Å².